The number of nitrogens with zero attached hydrogens (tertiary/aromatic N) is 1. The topological polar surface area (TPSA) is 63.2 Å². The summed E-state index contributed by atoms with van der Waals surface area (Å²) in [4.78, 5) is 15.5. The molecule has 0 saturated carbocycles. The van der Waals surface area contributed by atoms with Crippen LogP contribution in [0.3, 0.4) is 0 Å². The molecule has 2 amide bonds. The van der Waals surface area contributed by atoms with Gasteiger partial charge in [0, 0.05) is 24.2 Å². The number of carbonyl (C=O) groups excluding carboxylic acids is 1. The van der Waals surface area contributed by atoms with Crippen molar-refractivity contribution in [1.29, 1.82) is 0 Å². The number of aromatic nitrogens is 1. The fourth-order valence-corrected chi connectivity index (χ4v) is 1.72. The highest BCUT2D eigenvalue weighted by molar-refractivity contribution is 5.79. The van der Waals surface area contributed by atoms with Crippen molar-refractivity contribution in [3.63, 3.8) is 0 Å². The Bertz CT molecular complexity index is 716. The van der Waals surface area contributed by atoms with Gasteiger partial charge in [-0.2, -0.15) is 0 Å². The molecule has 1 aromatic carbocycles. The van der Waals surface area contributed by atoms with Crippen LogP contribution < -0.4 is 15.4 Å². The van der Waals surface area contributed by atoms with Crippen molar-refractivity contribution in [1.82, 2.24) is 15.6 Å². The standard InChI is InChI=1S/C17H17N3O2/c1-2-9-19-17(21)20-10-3-4-12-22-15-8-7-14-6-5-11-18-16(14)13-15/h2,5-8,11,13H,1,9-10,12H2,(H2,19,20,21). The molecule has 0 aliphatic rings. The van der Waals surface area contributed by atoms with E-state index in [1.807, 2.05) is 30.3 Å². The van der Waals surface area contributed by atoms with Gasteiger partial charge in [0.25, 0.3) is 0 Å². The largest absolute Gasteiger partial charge is 0.481 e. The van der Waals surface area contributed by atoms with E-state index >= 15 is 0 Å². The van der Waals surface area contributed by atoms with Crippen molar-refractivity contribution in [2.75, 3.05) is 19.7 Å². The quantitative estimate of drug-likeness (QED) is 0.656. The molecule has 112 valence electrons. The van der Waals surface area contributed by atoms with Gasteiger partial charge in [0.2, 0.25) is 0 Å². The first kappa shape index (κ1) is 15.4. The van der Waals surface area contributed by atoms with E-state index in [1.165, 1.54) is 0 Å². The fourth-order valence-electron chi connectivity index (χ4n) is 1.72. The molecule has 0 unspecified atom stereocenters. The van der Waals surface area contributed by atoms with E-state index < -0.39 is 0 Å². The van der Waals surface area contributed by atoms with Gasteiger partial charge in [0.05, 0.1) is 12.1 Å². The third kappa shape index (κ3) is 4.84. The van der Waals surface area contributed by atoms with Crippen LogP contribution in [0, 0.1) is 11.8 Å². The van der Waals surface area contributed by atoms with Crippen LogP contribution >= 0.6 is 0 Å². The number of carbonyl (C=O) groups is 1. The summed E-state index contributed by atoms with van der Waals surface area (Å²) >= 11 is 0. The summed E-state index contributed by atoms with van der Waals surface area (Å²) in [6.07, 6.45) is 3.35. The van der Waals surface area contributed by atoms with Crippen LogP contribution in [0.2, 0.25) is 0 Å². The minimum Gasteiger partial charge on any atom is -0.481 e. The van der Waals surface area contributed by atoms with E-state index in [-0.39, 0.29) is 19.2 Å². The van der Waals surface area contributed by atoms with Crippen LogP contribution in [0.4, 0.5) is 4.79 Å². The third-order valence-corrected chi connectivity index (χ3v) is 2.76. The van der Waals surface area contributed by atoms with E-state index in [4.69, 9.17) is 4.74 Å². The molecule has 1 heterocycles. The molecule has 0 radical (unpaired) electrons. The minimum absolute atomic E-state index is 0.258. The lowest BCUT2D eigenvalue weighted by atomic mass is 10.2. The molecule has 2 N–H and O–H groups in total. The van der Waals surface area contributed by atoms with Gasteiger partial charge in [-0.25, -0.2) is 4.79 Å². The summed E-state index contributed by atoms with van der Waals surface area (Å²) in [5.74, 6) is 6.37. The van der Waals surface area contributed by atoms with Crippen LogP contribution in [0.25, 0.3) is 10.9 Å². The van der Waals surface area contributed by atoms with Gasteiger partial charge in [-0.15, -0.1) is 6.58 Å². The minimum atomic E-state index is -0.268. The molecular formula is C17H17N3O2. The van der Waals surface area contributed by atoms with Crippen molar-refractivity contribution >= 4 is 16.9 Å². The lowest BCUT2D eigenvalue weighted by Gasteiger charge is -2.03. The van der Waals surface area contributed by atoms with E-state index in [2.05, 4.69) is 34.0 Å². The first-order valence-corrected chi connectivity index (χ1v) is 6.85. The Labute approximate surface area is 129 Å². The van der Waals surface area contributed by atoms with E-state index in [9.17, 15) is 4.79 Å². The zero-order chi connectivity index (χ0) is 15.6. The molecule has 0 spiro atoms. The molecular weight excluding hydrogens is 278 g/mol. The fraction of sp³-hybridized carbons (Fsp3) is 0.176. The average Bonchev–Trinajstić information content (AvgIpc) is 2.56. The lowest BCUT2D eigenvalue weighted by molar-refractivity contribution is 0.243. The summed E-state index contributed by atoms with van der Waals surface area (Å²) < 4.78 is 5.53. The molecule has 22 heavy (non-hydrogen) atoms. The Morgan fingerprint density at radius 3 is 3.09 bits per heavy atom. The van der Waals surface area contributed by atoms with Gasteiger partial charge in [0.15, 0.2) is 0 Å². The maximum atomic E-state index is 11.2. The molecule has 5 heteroatoms. The predicted molar refractivity (Wildman–Crippen MR) is 86.6 cm³/mol. The van der Waals surface area contributed by atoms with Crippen LogP contribution in [0.5, 0.6) is 5.75 Å². The number of benzene rings is 1. The summed E-state index contributed by atoms with van der Waals surface area (Å²) in [6, 6.07) is 9.33. The van der Waals surface area contributed by atoms with Gasteiger partial charge in [-0.3, -0.25) is 4.98 Å². The number of urea groups is 1. The van der Waals surface area contributed by atoms with Gasteiger partial charge in [-0.1, -0.05) is 24.0 Å². The highest BCUT2D eigenvalue weighted by Gasteiger charge is 1.97. The van der Waals surface area contributed by atoms with Gasteiger partial charge in [0.1, 0.15) is 12.4 Å². The molecule has 1 aromatic heterocycles. The van der Waals surface area contributed by atoms with E-state index in [1.54, 1.807) is 12.3 Å². The SMILES string of the molecule is C=CCNC(=O)NCC#CCOc1ccc2cccnc2c1. The first-order valence-electron chi connectivity index (χ1n) is 6.85. The molecule has 2 aromatic rings. The Morgan fingerprint density at radius 2 is 2.23 bits per heavy atom. The Balaban J connectivity index is 1.75. The van der Waals surface area contributed by atoms with Crippen molar-refractivity contribution in [2.24, 2.45) is 0 Å². The van der Waals surface area contributed by atoms with Gasteiger partial charge >= 0.3 is 6.03 Å². The highest BCUT2D eigenvalue weighted by Crippen LogP contribution is 2.18. The molecule has 5 nitrogen and oxygen atoms in total. The molecule has 0 saturated heterocycles. The summed E-state index contributed by atoms with van der Waals surface area (Å²) in [5, 5.41) is 6.26. The Kier molecular flexibility index (Phi) is 5.82. The number of hydrogen-bond donors (Lipinski definition) is 2. The number of fused-ring (bicyclic) bond motifs is 1. The zero-order valence-electron chi connectivity index (χ0n) is 12.1. The second kappa shape index (κ2) is 8.32. The Morgan fingerprint density at radius 1 is 1.32 bits per heavy atom. The van der Waals surface area contributed by atoms with Crippen molar-refractivity contribution in [3.8, 4) is 17.6 Å². The average molecular weight is 295 g/mol. The normalized spacial score (nSPS) is 9.45. The maximum absolute atomic E-state index is 11.2. The molecule has 0 fully saturated rings. The maximum Gasteiger partial charge on any atom is 0.315 e. The van der Waals surface area contributed by atoms with E-state index in [0.717, 1.165) is 16.7 Å². The number of amides is 2. The Hall–Kier alpha value is -3.00. The first-order chi connectivity index (χ1) is 10.8. The van der Waals surface area contributed by atoms with Crippen LogP contribution in [0.1, 0.15) is 0 Å². The van der Waals surface area contributed by atoms with Gasteiger partial charge < -0.3 is 15.4 Å². The molecule has 0 atom stereocenters. The van der Waals surface area contributed by atoms with E-state index in [0.29, 0.717) is 6.54 Å². The number of ether oxygens (including phenoxy) is 1. The molecule has 0 aliphatic heterocycles. The number of hydrogen-bond acceptors (Lipinski definition) is 3. The summed E-state index contributed by atoms with van der Waals surface area (Å²) in [7, 11) is 0. The lowest BCUT2D eigenvalue weighted by Crippen LogP contribution is -2.35. The number of nitrogens with one attached hydrogen (secondary N) is 2. The van der Waals surface area contributed by atoms with Crippen molar-refractivity contribution in [2.45, 2.75) is 0 Å². The van der Waals surface area contributed by atoms with Crippen molar-refractivity contribution in [3.05, 3.63) is 49.2 Å². The molecule has 0 aliphatic carbocycles. The van der Waals surface area contributed by atoms with Crippen LogP contribution in [0.15, 0.2) is 49.2 Å². The van der Waals surface area contributed by atoms with Crippen LogP contribution in [-0.2, 0) is 0 Å². The van der Waals surface area contributed by atoms with Crippen LogP contribution in [-0.4, -0.2) is 30.7 Å². The predicted octanol–water partition coefficient (Wildman–Crippen LogP) is 2.10. The van der Waals surface area contributed by atoms with Gasteiger partial charge in [-0.05, 0) is 18.2 Å². The summed E-state index contributed by atoms with van der Waals surface area (Å²) in [6.45, 7) is 4.47. The molecule has 2 rings (SSSR count). The monoisotopic (exact) mass is 295 g/mol. The second-order valence-corrected chi connectivity index (χ2v) is 4.35. The second-order valence-electron chi connectivity index (χ2n) is 4.35. The highest BCUT2D eigenvalue weighted by atomic mass is 16.5. The third-order valence-electron chi connectivity index (χ3n) is 2.76. The zero-order valence-corrected chi connectivity index (χ0v) is 12.1. The smallest absolute Gasteiger partial charge is 0.315 e. The molecule has 0 bridgehead atoms. The number of pyridine rings is 1. The number of rotatable bonds is 5. The summed E-state index contributed by atoms with van der Waals surface area (Å²) in [5.41, 5.74) is 0.883. The van der Waals surface area contributed by atoms with Crippen molar-refractivity contribution < 1.29 is 9.53 Å².